The molecule has 1 unspecified atom stereocenters. The van der Waals surface area contributed by atoms with Gasteiger partial charge in [-0.3, -0.25) is 9.89 Å². The minimum absolute atomic E-state index is 0.0381. The minimum atomic E-state index is -0.119. The summed E-state index contributed by atoms with van der Waals surface area (Å²) in [5, 5.41) is 9.75. The van der Waals surface area contributed by atoms with Gasteiger partial charge in [0.1, 0.15) is 0 Å². The van der Waals surface area contributed by atoms with Gasteiger partial charge < -0.3 is 11.1 Å². The molecule has 1 amide bonds. The SMILES string of the molecule is CCCc1cc(NC(=O)C(CN)CCC)n[nH]1. The molecule has 96 valence electrons. The summed E-state index contributed by atoms with van der Waals surface area (Å²) in [5.74, 6) is 0.434. The Bertz CT molecular complexity index is 348. The summed E-state index contributed by atoms with van der Waals surface area (Å²) in [4.78, 5) is 11.9. The largest absolute Gasteiger partial charge is 0.330 e. The summed E-state index contributed by atoms with van der Waals surface area (Å²) in [5.41, 5.74) is 6.62. The molecule has 17 heavy (non-hydrogen) atoms. The number of carbonyl (C=O) groups is 1. The summed E-state index contributed by atoms with van der Waals surface area (Å²) < 4.78 is 0. The van der Waals surface area contributed by atoms with Crippen molar-refractivity contribution in [2.24, 2.45) is 11.7 Å². The van der Waals surface area contributed by atoms with E-state index in [-0.39, 0.29) is 11.8 Å². The number of rotatable bonds is 7. The number of aryl methyl sites for hydroxylation is 1. The number of hydrogen-bond donors (Lipinski definition) is 3. The van der Waals surface area contributed by atoms with Crippen molar-refractivity contribution >= 4 is 11.7 Å². The molecule has 0 fully saturated rings. The zero-order chi connectivity index (χ0) is 12.7. The van der Waals surface area contributed by atoms with Gasteiger partial charge in [-0.25, -0.2) is 0 Å². The van der Waals surface area contributed by atoms with E-state index in [9.17, 15) is 4.79 Å². The molecule has 1 aromatic heterocycles. The third kappa shape index (κ3) is 4.19. The molecule has 0 aliphatic rings. The van der Waals surface area contributed by atoms with E-state index in [0.29, 0.717) is 12.4 Å². The third-order valence-electron chi connectivity index (χ3n) is 2.69. The van der Waals surface area contributed by atoms with E-state index in [1.807, 2.05) is 13.0 Å². The van der Waals surface area contributed by atoms with Gasteiger partial charge in [0.25, 0.3) is 0 Å². The van der Waals surface area contributed by atoms with Crippen LogP contribution in [0.2, 0.25) is 0 Å². The van der Waals surface area contributed by atoms with Crippen molar-refractivity contribution in [1.29, 1.82) is 0 Å². The highest BCUT2D eigenvalue weighted by Crippen LogP contribution is 2.11. The van der Waals surface area contributed by atoms with E-state index in [2.05, 4.69) is 22.4 Å². The molecule has 0 saturated heterocycles. The molecule has 0 aromatic carbocycles. The number of aromatic amines is 1. The van der Waals surface area contributed by atoms with Gasteiger partial charge in [0.2, 0.25) is 5.91 Å². The van der Waals surface area contributed by atoms with Crippen LogP contribution in [0.25, 0.3) is 0 Å². The average Bonchev–Trinajstić information content (AvgIpc) is 2.73. The number of amides is 1. The maximum Gasteiger partial charge on any atom is 0.229 e. The fraction of sp³-hybridized carbons (Fsp3) is 0.667. The topological polar surface area (TPSA) is 83.8 Å². The smallest absolute Gasteiger partial charge is 0.229 e. The van der Waals surface area contributed by atoms with Crippen molar-refractivity contribution < 1.29 is 4.79 Å². The molecule has 0 radical (unpaired) electrons. The number of nitrogens with zero attached hydrogens (tertiary/aromatic N) is 1. The average molecular weight is 238 g/mol. The molecular formula is C12H22N4O. The van der Waals surface area contributed by atoms with E-state index in [1.54, 1.807) is 0 Å². The molecule has 0 saturated carbocycles. The predicted molar refractivity (Wildman–Crippen MR) is 68.7 cm³/mol. The van der Waals surface area contributed by atoms with Crippen molar-refractivity contribution in [3.8, 4) is 0 Å². The number of anilines is 1. The normalized spacial score (nSPS) is 12.4. The summed E-state index contributed by atoms with van der Waals surface area (Å²) in [6.45, 7) is 4.53. The maximum atomic E-state index is 11.9. The molecule has 0 bridgehead atoms. The van der Waals surface area contributed by atoms with Crippen LogP contribution in [0.4, 0.5) is 5.82 Å². The molecule has 5 nitrogen and oxygen atoms in total. The van der Waals surface area contributed by atoms with Crippen LogP contribution in [-0.2, 0) is 11.2 Å². The second-order valence-electron chi connectivity index (χ2n) is 4.24. The van der Waals surface area contributed by atoms with Gasteiger partial charge in [-0.2, -0.15) is 5.10 Å². The first-order valence-corrected chi connectivity index (χ1v) is 6.26. The quantitative estimate of drug-likeness (QED) is 0.675. The Morgan fingerprint density at radius 1 is 1.53 bits per heavy atom. The van der Waals surface area contributed by atoms with Gasteiger partial charge in [0, 0.05) is 18.3 Å². The van der Waals surface area contributed by atoms with Gasteiger partial charge in [-0.15, -0.1) is 0 Å². The highest BCUT2D eigenvalue weighted by molar-refractivity contribution is 5.91. The van der Waals surface area contributed by atoms with Crippen molar-refractivity contribution in [3.63, 3.8) is 0 Å². The van der Waals surface area contributed by atoms with Crippen LogP contribution in [0.1, 0.15) is 38.8 Å². The van der Waals surface area contributed by atoms with E-state index < -0.39 is 0 Å². The zero-order valence-electron chi connectivity index (χ0n) is 10.6. The lowest BCUT2D eigenvalue weighted by Crippen LogP contribution is -2.29. The first kappa shape index (κ1) is 13.7. The molecule has 0 spiro atoms. The van der Waals surface area contributed by atoms with E-state index >= 15 is 0 Å². The summed E-state index contributed by atoms with van der Waals surface area (Å²) in [6.07, 6.45) is 3.76. The molecule has 0 aliphatic heterocycles. The van der Waals surface area contributed by atoms with Crippen LogP contribution in [-0.4, -0.2) is 22.6 Å². The predicted octanol–water partition coefficient (Wildman–Crippen LogP) is 1.68. The summed E-state index contributed by atoms with van der Waals surface area (Å²) >= 11 is 0. The highest BCUT2D eigenvalue weighted by Gasteiger charge is 2.16. The Hall–Kier alpha value is -1.36. The van der Waals surface area contributed by atoms with Gasteiger partial charge in [0.05, 0.1) is 5.92 Å². The van der Waals surface area contributed by atoms with Crippen LogP contribution in [0, 0.1) is 5.92 Å². The van der Waals surface area contributed by atoms with Crippen molar-refractivity contribution in [3.05, 3.63) is 11.8 Å². The lowest BCUT2D eigenvalue weighted by molar-refractivity contribution is -0.119. The highest BCUT2D eigenvalue weighted by atomic mass is 16.2. The lowest BCUT2D eigenvalue weighted by Gasteiger charge is -2.12. The standard InChI is InChI=1S/C12H22N4O/c1-3-5-9(8-13)12(17)14-11-7-10(6-4-2)15-16-11/h7,9H,3-6,8,13H2,1-2H3,(H2,14,15,16,17). The Labute approximate surface area is 102 Å². The number of carbonyl (C=O) groups excluding carboxylic acids is 1. The van der Waals surface area contributed by atoms with Crippen molar-refractivity contribution in [2.75, 3.05) is 11.9 Å². The number of aromatic nitrogens is 2. The van der Waals surface area contributed by atoms with Gasteiger partial charge in [0.15, 0.2) is 5.82 Å². The number of H-pyrrole nitrogens is 1. The molecule has 5 heteroatoms. The number of hydrogen-bond acceptors (Lipinski definition) is 3. The number of nitrogens with two attached hydrogens (primary N) is 1. The third-order valence-corrected chi connectivity index (χ3v) is 2.69. The van der Waals surface area contributed by atoms with Crippen LogP contribution in [0.5, 0.6) is 0 Å². The fourth-order valence-electron chi connectivity index (χ4n) is 1.76. The molecule has 1 aromatic rings. The second kappa shape index (κ2) is 7.06. The monoisotopic (exact) mass is 238 g/mol. The Kier molecular flexibility index (Phi) is 5.69. The first-order valence-electron chi connectivity index (χ1n) is 6.26. The molecule has 4 N–H and O–H groups in total. The van der Waals surface area contributed by atoms with Gasteiger partial charge in [-0.05, 0) is 12.8 Å². The van der Waals surface area contributed by atoms with Gasteiger partial charge >= 0.3 is 0 Å². The number of nitrogens with one attached hydrogen (secondary N) is 2. The van der Waals surface area contributed by atoms with Crippen molar-refractivity contribution in [2.45, 2.75) is 39.5 Å². The van der Waals surface area contributed by atoms with Crippen LogP contribution in [0.3, 0.4) is 0 Å². The van der Waals surface area contributed by atoms with Gasteiger partial charge in [-0.1, -0.05) is 26.7 Å². The zero-order valence-corrected chi connectivity index (χ0v) is 10.6. The molecule has 1 rings (SSSR count). The first-order chi connectivity index (χ1) is 8.21. The fourth-order valence-corrected chi connectivity index (χ4v) is 1.76. The van der Waals surface area contributed by atoms with Crippen LogP contribution >= 0.6 is 0 Å². The lowest BCUT2D eigenvalue weighted by atomic mass is 10.0. The summed E-state index contributed by atoms with van der Waals surface area (Å²) in [6, 6.07) is 1.88. The maximum absolute atomic E-state index is 11.9. The molecular weight excluding hydrogens is 216 g/mol. The Morgan fingerprint density at radius 2 is 2.29 bits per heavy atom. The van der Waals surface area contributed by atoms with Crippen LogP contribution < -0.4 is 11.1 Å². The Morgan fingerprint density at radius 3 is 2.88 bits per heavy atom. The minimum Gasteiger partial charge on any atom is -0.330 e. The van der Waals surface area contributed by atoms with E-state index in [4.69, 9.17) is 5.73 Å². The molecule has 0 aliphatic carbocycles. The van der Waals surface area contributed by atoms with Crippen molar-refractivity contribution in [1.82, 2.24) is 10.2 Å². The summed E-state index contributed by atoms with van der Waals surface area (Å²) in [7, 11) is 0. The van der Waals surface area contributed by atoms with Crippen LogP contribution in [0.15, 0.2) is 6.07 Å². The Balaban J connectivity index is 2.53. The molecule has 1 atom stereocenters. The van der Waals surface area contributed by atoms with E-state index in [0.717, 1.165) is 31.4 Å². The van der Waals surface area contributed by atoms with E-state index in [1.165, 1.54) is 0 Å². The molecule has 1 heterocycles. The second-order valence-corrected chi connectivity index (χ2v) is 4.24.